The van der Waals surface area contributed by atoms with Gasteiger partial charge < -0.3 is 4.74 Å². The molecular formula is C5H6BrNOS. The minimum absolute atomic E-state index is 0.677. The van der Waals surface area contributed by atoms with E-state index in [2.05, 4.69) is 20.9 Å². The zero-order valence-electron chi connectivity index (χ0n) is 4.93. The van der Waals surface area contributed by atoms with E-state index in [0.29, 0.717) is 12.5 Å². The van der Waals surface area contributed by atoms with Crippen LogP contribution in [0.5, 0.6) is 5.88 Å². The Morgan fingerprint density at radius 3 is 3.11 bits per heavy atom. The van der Waals surface area contributed by atoms with Crippen LogP contribution in [0.25, 0.3) is 0 Å². The zero-order chi connectivity index (χ0) is 6.69. The molecule has 0 amide bonds. The van der Waals surface area contributed by atoms with Gasteiger partial charge in [-0.3, -0.25) is 0 Å². The number of thiazole rings is 1. The first-order valence-electron chi connectivity index (χ1n) is 2.56. The topological polar surface area (TPSA) is 22.1 Å². The van der Waals surface area contributed by atoms with Crippen LogP contribution in [0.3, 0.4) is 0 Å². The van der Waals surface area contributed by atoms with E-state index in [4.69, 9.17) is 4.74 Å². The molecule has 0 unspecified atom stereocenters. The fourth-order valence-electron chi connectivity index (χ4n) is 0.453. The van der Waals surface area contributed by atoms with E-state index in [1.807, 2.05) is 12.3 Å². The molecule has 0 radical (unpaired) electrons. The van der Waals surface area contributed by atoms with Crippen LogP contribution in [0.2, 0.25) is 0 Å². The van der Waals surface area contributed by atoms with Crippen LogP contribution in [-0.2, 0) is 0 Å². The summed E-state index contributed by atoms with van der Waals surface area (Å²) in [6.07, 6.45) is 0. The van der Waals surface area contributed by atoms with Crippen molar-refractivity contribution in [2.75, 3.05) is 6.61 Å². The minimum atomic E-state index is 0.677. The molecule has 0 aromatic carbocycles. The molecule has 0 spiro atoms. The van der Waals surface area contributed by atoms with Gasteiger partial charge in [0.05, 0.1) is 12.0 Å². The molecular weight excluding hydrogens is 202 g/mol. The molecule has 0 fully saturated rings. The molecule has 0 atom stereocenters. The van der Waals surface area contributed by atoms with E-state index < -0.39 is 0 Å². The highest BCUT2D eigenvalue weighted by molar-refractivity contribution is 9.11. The van der Waals surface area contributed by atoms with Crippen molar-refractivity contribution in [2.45, 2.75) is 6.92 Å². The van der Waals surface area contributed by atoms with Crippen molar-refractivity contribution in [3.05, 3.63) is 9.30 Å². The molecule has 0 aliphatic heterocycles. The van der Waals surface area contributed by atoms with E-state index in [9.17, 15) is 0 Å². The maximum atomic E-state index is 5.10. The highest BCUT2D eigenvalue weighted by Gasteiger charge is 1.95. The zero-order valence-corrected chi connectivity index (χ0v) is 7.33. The van der Waals surface area contributed by atoms with Crippen molar-refractivity contribution < 1.29 is 4.74 Å². The Morgan fingerprint density at radius 2 is 2.67 bits per heavy atom. The number of hydrogen-bond donors (Lipinski definition) is 0. The molecule has 0 aliphatic carbocycles. The van der Waals surface area contributed by atoms with Crippen LogP contribution in [-0.4, -0.2) is 11.6 Å². The summed E-state index contributed by atoms with van der Waals surface area (Å²) in [5.41, 5.74) is 0. The number of ether oxygens (including phenoxy) is 1. The lowest BCUT2D eigenvalue weighted by Gasteiger charge is -1.92. The maximum absolute atomic E-state index is 5.10. The first-order valence-corrected chi connectivity index (χ1v) is 4.24. The molecule has 0 saturated heterocycles. The van der Waals surface area contributed by atoms with E-state index >= 15 is 0 Å². The Kier molecular flexibility index (Phi) is 2.48. The second-order valence-electron chi connectivity index (χ2n) is 1.37. The quantitative estimate of drug-likeness (QED) is 0.743. The summed E-state index contributed by atoms with van der Waals surface area (Å²) in [6, 6.07) is 0. The van der Waals surface area contributed by atoms with E-state index in [-0.39, 0.29) is 0 Å². The van der Waals surface area contributed by atoms with Gasteiger partial charge in [0.1, 0.15) is 0 Å². The van der Waals surface area contributed by atoms with Crippen molar-refractivity contribution in [1.29, 1.82) is 0 Å². The summed E-state index contributed by atoms with van der Waals surface area (Å²) < 4.78 is 5.96. The predicted molar refractivity (Wildman–Crippen MR) is 41.0 cm³/mol. The third-order valence-corrected chi connectivity index (χ3v) is 2.09. The first kappa shape index (κ1) is 7.02. The summed E-state index contributed by atoms with van der Waals surface area (Å²) in [5.74, 6) is 0.703. The summed E-state index contributed by atoms with van der Waals surface area (Å²) in [6.45, 7) is 2.61. The number of rotatable bonds is 2. The molecule has 4 heteroatoms. The lowest BCUT2D eigenvalue weighted by atomic mass is 10.8. The molecule has 0 bridgehead atoms. The molecule has 50 valence electrons. The Balaban J connectivity index is 2.61. The van der Waals surface area contributed by atoms with Gasteiger partial charge in [-0.15, -0.1) is 11.3 Å². The molecule has 1 heterocycles. The van der Waals surface area contributed by atoms with E-state index in [1.54, 1.807) is 0 Å². The van der Waals surface area contributed by atoms with Gasteiger partial charge in [-0.1, -0.05) is 0 Å². The van der Waals surface area contributed by atoms with Gasteiger partial charge in [-0.2, -0.15) is 4.98 Å². The largest absolute Gasteiger partial charge is 0.477 e. The molecule has 1 aromatic heterocycles. The SMILES string of the molecule is CCOc1csc(Br)n1. The van der Waals surface area contributed by atoms with Crippen molar-refractivity contribution in [1.82, 2.24) is 4.98 Å². The number of hydrogen-bond acceptors (Lipinski definition) is 3. The molecule has 0 saturated carbocycles. The maximum Gasteiger partial charge on any atom is 0.225 e. The van der Waals surface area contributed by atoms with Crippen LogP contribution in [0.1, 0.15) is 6.92 Å². The molecule has 1 rings (SSSR count). The van der Waals surface area contributed by atoms with Crippen LogP contribution < -0.4 is 4.74 Å². The number of nitrogens with zero attached hydrogens (tertiary/aromatic N) is 1. The first-order chi connectivity index (χ1) is 4.33. The monoisotopic (exact) mass is 207 g/mol. The second-order valence-corrected chi connectivity index (χ2v) is 3.51. The van der Waals surface area contributed by atoms with Gasteiger partial charge >= 0.3 is 0 Å². The smallest absolute Gasteiger partial charge is 0.225 e. The Bertz CT molecular complexity index is 189. The van der Waals surface area contributed by atoms with E-state index in [1.165, 1.54) is 11.3 Å². The summed E-state index contributed by atoms with van der Waals surface area (Å²) in [5, 5.41) is 1.87. The molecule has 0 N–H and O–H groups in total. The summed E-state index contributed by atoms with van der Waals surface area (Å²) in [4.78, 5) is 4.01. The van der Waals surface area contributed by atoms with Gasteiger partial charge in [0.25, 0.3) is 0 Å². The average Bonchev–Trinajstić information content (AvgIpc) is 2.17. The Hall–Kier alpha value is -0.0900. The highest BCUT2D eigenvalue weighted by Crippen LogP contribution is 2.20. The lowest BCUT2D eigenvalue weighted by Crippen LogP contribution is -1.90. The standard InChI is InChI=1S/C5H6BrNOS/c1-2-8-4-3-9-5(6)7-4/h3H,2H2,1H3. The predicted octanol–water partition coefficient (Wildman–Crippen LogP) is 2.30. The van der Waals surface area contributed by atoms with Crippen LogP contribution in [0.4, 0.5) is 0 Å². The minimum Gasteiger partial charge on any atom is -0.477 e. The third kappa shape index (κ3) is 1.95. The lowest BCUT2D eigenvalue weighted by molar-refractivity contribution is 0.328. The van der Waals surface area contributed by atoms with Gasteiger partial charge in [0.2, 0.25) is 5.88 Å². The Morgan fingerprint density at radius 1 is 1.89 bits per heavy atom. The van der Waals surface area contributed by atoms with Crippen molar-refractivity contribution in [3.63, 3.8) is 0 Å². The molecule has 9 heavy (non-hydrogen) atoms. The van der Waals surface area contributed by atoms with E-state index in [0.717, 1.165) is 3.92 Å². The third-order valence-electron chi connectivity index (χ3n) is 0.747. The molecule has 1 aromatic rings. The highest BCUT2D eigenvalue weighted by atomic mass is 79.9. The van der Waals surface area contributed by atoms with Crippen molar-refractivity contribution in [3.8, 4) is 5.88 Å². The molecule has 0 aliphatic rings. The normalized spacial score (nSPS) is 9.56. The van der Waals surface area contributed by atoms with Gasteiger partial charge in [-0.05, 0) is 22.9 Å². The summed E-state index contributed by atoms with van der Waals surface area (Å²) >= 11 is 4.75. The average molecular weight is 208 g/mol. The van der Waals surface area contributed by atoms with Crippen molar-refractivity contribution >= 4 is 27.3 Å². The van der Waals surface area contributed by atoms with Crippen molar-refractivity contribution in [2.24, 2.45) is 0 Å². The van der Waals surface area contributed by atoms with Gasteiger partial charge in [0.15, 0.2) is 3.92 Å². The number of halogens is 1. The Labute approximate surface area is 66.0 Å². The second kappa shape index (κ2) is 3.17. The fourth-order valence-corrected chi connectivity index (χ4v) is 1.37. The van der Waals surface area contributed by atoms with Crippen LogP contribution in [0, 0.1) is 0 Å². The van der Waals surface area contributed by atoms with Gasteiger partial charge in [-0.25, -0.2) is 0 Å². The van der Waals surface area contributed by atoms with Gasteiger partial charge in [0, 0.05) is 0 Å². The van der Waals surface area contributed by atoms with Crippen LogP contribution in [0.15, 0.2) is 9.30 Å². The van der Waals surface area contributed by atoms with Crippen LogP contribution >= 0.6 is 27.3 Å². The molecule has 2 nitrogen and oxygen atoms in total. The summed E-state index contributed by atoms with van der Waals surface area (Å²) in [7, 11) is 0. The number of aromatic nitrogens is 1. The fraction of sp³-hybridized carbons (Fsp3) is 0.400.